The minimum Gasteiger partial charge on any atom is -0.507 e. The van der Waals surface area contributed by atoms with Crippen LogP contribution in [0.3, 0.4) is 0 Å². The van der Waals surface area contributed by atoms with E-state index in [1.54, 1.807) is 24.4 Å². The molecule has 35 heavy (non-hydrogen) atoms. The Labute approximate surface area is 205 Å². The van der Waals surface area contributed by atoms with Gasteiger partial charge in [0.2, 0.25) is 0 Å². The van der Waals surface area contributed by atoms with E-state index in [4.69, 9.17) is 4.74 Å². The second-order valence-corrected chi connectivity index (χ2v) is 9.00. The van der Waals surface area contributed by atoms with E-state index in [1.807, 2.05) is 70.2 Å². The number of aliphatic hydroxyl groups excluding tert-OH is 1. The zero-order valence-corrected chi connectivity index (χ0v) is 20.5. The minimum atomic E-state index is -0.731. The van der Waals surface area contributed by atoms with Gasteiger partial charge in [0.05, 0.1) is 30.5 Å². The van der Waals surface area contributed by atoms with Crippen molar-refractivity contribution >= 4 is 17.4 Å². The zero-order chi connectivity index (χ0) is 25.1. The van der Waals surface area contributed by atoms with E-state index in [-0.39, 0.29) is 23.8 Å². The van der Waals surface area contributed by atoms with Gasteiger partial charge in [-0.25, -0.2) is 0 Å². The van der Waals surface area contributed by atoms with Crippen LogP contribution in [0.2, 0.25) is 0 Å². The zero-order valence-electron chi connectivity index (χ0n) is 20.5. The molecule has 2 aromatic carbocycles. The van der Waals surface area contributed by atoms with Crippen LogP contribution < -0.4 is 4.74 Å². The lowest BCUT2D eigenvalue weighted by molar-refractivity contribution is -0.140. The Morgan fingerprint density at radius 2 is 1.89 bits per heavy atom. The monoisotopic (exact) mass is 470 g/mol. The molecule has 3 aromatic rings. The quantitative estimate of drug-likeness (QED) is 0.279. The Hall–Kier alpha value is -3.93. The maximum atomic E-state index is 13.3. The van der Waals surface area contributed by atoms with Crippen molar-refractivity contribution in [3.63, 3.8) is 0 Å². The van der Waals surface area contributed by atoms with Gasteiger partial charge in [0.1, 0.15) is 11.5 Å². The second kappa shape index (κ2) is 10.1. The number of amides is 1. The van der Waals surface area contributed by atoms with Crippen LogP contribution in [-0.4, -0.2) is 33.3 Å². The van der Waals surface area contributed by atoms with Crippen molar-refractivity contribution in [2.75, 3.05) is 6.61 Å². The molecule has 1 aliphatic rings. The van der Waals surface area contributed by atoms with Crippen LogP contribution in [0.4, 0.5) is 0 Å². The topological polar surface area (TPSA) is 79.7 Å². The van der Waals surface area contributed by atoms with Gasteiger partial charge in [-0.2, -0.15) is 0 Å². The van der Waals surface area contributed by atoms with E-state index in [1.165, 1.54) is 4.90 Å². The normalized spacial score (nSPS) is 17.3. The molecular formula is C29H30N2O4. The summed E-state index contributed by atoms with van der Waals surface area (Å²) >= 11 is 0. The molecule has 0 saturated carbocycles. The van der Waals surface area contributed by atoms with Gasteiger partial charge in [0, 0.05) is 11.8 Å². The van der Waals surface area contributed by atoms with E-state index in [9.17, 15) is 14.7 Å². The highest BCUT2D eigenvalue weighted by Gasteiger charge is 2.46. The van der Waals surface area contributed by atoms with Crippen LogP contribution >= 0.6 is 0 Å². The molecule has 6 heteroatoms. The third kappa shape index (κ3) is 4.83. The molecule has 4 rings (SSSR count). The molecule has 180 valence electrons. The fourth-order valence-electron chi connectivity index (χ4n) is 4.49. The fourth-order valence-corrected chi connectivity index (χ4v) is 4.49. The summed E-state index contributed by atoms with van der Waals surface area (Å²) in [7, 11) is 0. The third-order valence-electron chi connectivity index (χ3n) is 6.16. The third-order valence-corrected chi connectivity index (χ3v) is 6.16. The average molecular weight is 471 g/mol. The number of nitrogens with zero attached hydrogens (tertiary/aromatic N) is 2. The highest BCUT2D eigenvalue weighted by atomic mass is 16.5. The molecule has 6 nitrogen and oxygen atoms in total. The van der Waals surface area contributed by atoms with Crippen LogP contribution in [-0.2, 0) is 16.1 Å². The predicted octanol–water partition coefficient (Wildman–Crippen LogP) is 5.53. The van der Waals surface area contributed by atoms with Gasteiger partial charge in [0.15, 0.2) is 0 Å². The lowest BCUT2D eigenvalue weighted by Gasteiger charge is -2.25. The molecule has 0 spiro atoms. The van der Waals surface area contributed by atoms with Crippen molar-refractivity contribution < 1.29 is 19.4 Å². The number of pyridine rings is 1. The summed E-state index contributed by atoms with van der Waals surface area (Å²) in [6.07, 6.45) is 1.65. The predicted molar refractivity (Wildman–Crippen MR) is 135 cm³/mol. The van der Waals surface area contributed by atoms with E-state index >= 15 is 0 Å². The summed E-state index contributed by atoms with van der Waals surface area (Å²) < 4.78 is 5.75. The summed E-state index contributed by atoms with van der Waals surface area (Å²) in [5.41, 5.74) is 3.90. The average Bonchev–Trinajstić information content (AvgIpc) is 3.09. The Morgan fingerprint density at radius 3 is 2.54 bits per heavy atom. The number of carbonyl (C=O) groups excluding carboxylic acids is 2. The number of hydrogen-bond donors (Lipinski definition) is 1. The van der Waals surface area contributed by atoms with Gasteiger partial charge in [0.25, 0.3) is 11.7 Å². The summed E-state index contributed by atoms with van der Waals surface area (Å²) in [4.78, 5) is 32.4. The number of aryl methyl sites for hydroxylation is 1. The number of likely N-dealkylation sites (tertiary alicyclic amines) is 1. The summed E-state index contributed by atoms with van der Waals surface area (Å²) in [5, 5.41) is 11.4. The first-order chi connectivity index (χ1) is 16.8. The number of benzene rings is 2. The maximum absolute atomic E-state index is 13.3. The van der Waals surface area contributed by atoms with Crippen LogP contribution in [0.15, 0.2) is 72.4 Å². The first-order valence-electron chi connectivity index (χ1n) is 11.8. The van der Waals surface area contributed by atoms with Gasteiger partial charge >= 0.3 is 0 Å². The molecular weight excluding hydrogens is 440 g/mol. The summed E-state index contributed by atoms with van der Waals surface area (Å²) in [6, 6.07) is 17.7. The number of Topliss-reactive ketones (excluding diaryl/α,β-unsaturated/α-hetero) is 1. The lowest BCUT2D eigenvalue weighted by Crippen LogP contribution is -2.29. The molecule has 1 atom stereocenters. The first-order valence-corrected chi connectivity index (χ1v) is 11.8. The van der Waals surface area contributed by atoms with Crippen LogP contribution in [0.5, 0.6) is 5.75 Å². The Kier molecular flexibility index (Phi) is 7.01. The van der Waals surface area contributed by atoms with E-state index < -0.39 is 17.7 Å². The molecule has 1 aliphatic heterocycles. The van der Waals surface area contributed by atoms with Crippen molar-refractivity contribution in [2.45, 2.75) is 46.2 Å². The standard InChI is InChI=1S/C29H30N2O4/c1-5-35-24-13-12-21(16-23(24)18(2)3)27(32)25-26(20-10-8-9-19(4)15-20)31(29(34)28(25)33)17-22-11-6-7-14-30-22/h6-16,18,26,32H,5,17H2,1-4H3/b27-25-. The highest BCUT2D eigenvalue weighted by molar-refractivity contribution is 6.46. The Bertz CT molecular complexity index is 1280. The van der Waals surface area contributed by atoms with Crippen LogP contribution in [0, 0.1) is 6.92 Å². The SMILES string of the molecule is CCOc1ccc(/C(O)=C2/C(=O)C(=O)N(Cc3ccccn3)C2c2cccc(C)c2)cc1C(C)C. The van der Waals surface area contributed by atoms with Gasteiger partial charge in [-0.15, -0.1) is 0 Å². The van der Waals surface area contributed by atoms with Crippen molar-refractivity contribution in [3.8, 4) is 5.75 Å². The van der Waals surface area contributed by atoms with E-state index in [0.717, 1.165) is 22.4 Å². The first kappa shape index (κ1) is 24.2. The number of aromatic nitrogens is 1. The van der Waals surface area contributed by atoms with Crippen molar-refractivity contribution in [1.82, 2.24) is 9.88 Å². The second-order valence-electron chi connectivity index (χ2n) is 9.00. The molecule has 0 bridgehead atoms. The van der Waals surface area contributed by atoms with E-state index in [2.05, 4.69) is 4.98 Å². The van der Waals surface area contributed by atoms with Crippen LogP contribution in [0.1, 0.15) is 60.7 Å². The largest absolute Gasteiger partial charge is 0.507 e. The number of ketones is 1. The molecule has 1 amide bonds. The van der Waals surface area contributed by atoms with Crippen molar-refractivity contribution in [3.05, 3.63) is 100 Å². The maximum Gasteiger partial charge on any atom is 0.296 e. The highest BCUT2D eigenvalue weighted by Crippen LogP contribution is 2.41. The Morgan fingerprint density at radius 1 is 1.09 bits per heavy atom. The van der Waals surface area contributed by atoms with Gasteiger partial charge in [-0.05, 0) is 61.2 Å². The minimum absolute atomic E-state index is 0.0791. The molecule has 1 unspecified atom stereocenters. The molecule has 1 saturated heterocycles. The molecule has 1 N–H and O–H groups in total. The number of rotatable bonds is 7. The molecule has 2 heterocycles. The molecule has 0 radical (unpaired) electrons. The van der Waals surface area contributed by atoms with Gasteiger partial charge in [-0.3, -0.25) is 14.6 Å². The fraction of sp³-hybridized carbons (Fsp3) is 0.276. The molecule has 1 aromatic heterocycles. The van der Waals surface area contributed by atoms with Crippen molar-refractivity contribution in [2.24, 2.45) is 0 Å². The van der Waals surface area contributed by atoms with Crippen molar-refractivity contribution in [1.29, 1.82) is 0 Å². The Balaban J connectivity index is 1.87. The van der Waals surface area contributed by atoms with Gasteiger partial charge < -0.3 is 14.7 Å². The number of ether oxygens (including phenoxy) is 1. The number of carbonyl (C=O) groups is 2. The van der Waals surface area contributed by atoms with E-state index in [0.29, 0.717) is 17.9 Å². The summed E-state index contributed by atoms with van der Waals surface area (Å²) in [6.45, 7) is 8.64. The molecule has 0 aliphatic carbocycles. The summed E-state index contributed by atoms with van der Waals surface area (Å²) in [5.74, 6) is -0.666. The molecule has 1 fully saturated rings. The lowest BCUT2D eigenvalue weighted by atomic mass is 9.92. The number of aliphatic hydroxyl groups is 1. The smallest absolute Gasteiger partial charge is 0.296 e. The van der Waals surface area contributed by atoms with Gasteiger partial charge in [-0.1, -0.05) is 49.7 Å². The van der Waals surface area contributed by atoms with Crippen LogP contribution in [0.25, 0.3) is 5.76 Å². The number of hydrogen-bond acceptors (Lipinski definition) is 5.